The van der Waals surface area contributed by atoms with E-state index in [1.807, 2.05) is 71.6 Å². The highest BCUT2D eigenvalue weighted by molar-refractivity contribution is 5.91. The molecule has 1 aliphatic heterocycles. The smallest absolute Gasteiger partial charge is 0.246 e. The summed E-state index contributed by atoms with van der Waals surface area (Å²) >= 11 is 0. The van der Waals surface area contributed by atoms with Gasteiger partial charge in [-0.05, 0) is 23.8 Å². The highest BCUT2D eigenvalue weighted by Gasteiger charge is 2.20. The number of benzene rings is 2. The standard InChI is InChI=1S/C23H23N3O2/c27-22(12-11-19-7-3-1-4-8-19)26-15-13-25(14-16-26)17-21-18-28-23(24-21)20-9-5-2-6-10-20/h1-12,18H,13-17H2. The van der Waals surface area contributed by atoms with Crippen LogP contribution in [0.25, 0.3) is 17.5 Å². The van der Waals surface area contributed by atoms with Gasteiger partial charge in [0.15, 0.2) is 0 Å². The van der Waals surface area contributed by atoms with Gasteiger partial charge < -0.3 is 9.32 Å². The highest BCUT2D eigenvalue weighted by atomic mass is 16.3. The van der Waals surface area contributed by atoms with Gasteiger partial charge in [-0.25, -0.2) is 4.98 Å². The molecular formula is C23H23N3O2. The maximum atomic E-state index is 12.4. The molecule has 28 heavy (non-hydrogen) atoms. The van der Waals surface area contributed by atoms with Crippen molar-refractivity contribution < 1.29 is 9.21 Å². The minimum absolute atomic E-state index is 0.0660. The number of carbonyl (C=O) groups is 1. The monoisotopic (exact) mass is 373 g/mol. The van der Waals surface area contributed by atoms with Crippen LogP contribution >= 0.6 is 0 Å². The van der Waals surface area contributed by atoms with Crippen molar-refractivity contribution in [2.24, 2.45) is 0 Å². The number of oxazole rings is 1. The Bertz CT molecular complexity index is 927. The van der Waals surface area contributed by atoms with Crippen LogP contribution < -0.4 is 0 Å². The molecule has 2 aromatic carbocycles. The Morgan fingerprint density at radius 3 is 2.36 bits per heavy atom. The second kappa shape index (κ2) is 8.67. The average molecular weight is 373 g/mol. The summed E-state index contributed by atoms with van der Waals surface area (Å²) in [6.07, 6.45) is 5.26. The summed E-state index contributed by atoms with van der Waals surface area (Å²) in [6, 6.07) is 19.8. The largest absolute Gasteiger partial charge is 0.444 e. The molecule has 1 amide bonds. The Morgan fingerprint density at radius 1 is 0.964 bits per heavy atom. The van der Waals surface area contributed by atoms with Gasteiger partial charge in [0.1, 0.15) is 6.26 Å². The molecule has 0 unspecified atom stereocenters. The number of piperazine rings is 1. The third-order valence-electron chi connectivity index (χ3n) is 4.86. The second-order valence-corrected chi connectivity index (χ2v) is 6.86. The highest BCUT2D eigenvalue weighted by Crippen LogP contribution is 2.19. The van der Waals surface area contributed by atoms with E-state index in [0.717, 1.165) is 49.5 Å². The summed E-state index contributed by atoms with van der Waals surface area (Å²) in [4.78, 5) is 21.2. The van der Waals surface area contributed by atoms with Crippen molar-refractivity contribution in [3.05, 3.63) is 84.3 Å². The summed E-state index contributed by atoms with van der Waals surface area (Å²) < 4.78 is 5.61. The average Bonchev–Trinajstić information content (AvgIpc) is 3.22. The maximum Gasteiger partial charge on any atom is 0.246 e. The zero-order valence-corrected chi connectivity index (χ0v) is 15.7. The van der Waals surface area contributed by atoms with Gasteiger partial charge >= 0.3 is 0 Å². The summed E-state index contributed by atoms with van der Waals surface area (Å²) in [7, 11) is 0. The van der Waals surface area contributed by atoms with Gasteiger partial charge in [-0.2, -0.15) is 0 Å². The molecule has 1 saturated heterocycles. The Balaban J connectivity index is 1.28. The van der Waals surface area contributed by atoms with Crippen LogP contribution in [0, 0.1) is 0 Å². The van der Waals surface area contributed by atoms with Crippen LogP contribution in [0.4, 0.5) is 0 Å². The summed E-state index contributed by atoms with van der Waals surface area (Å²) in [5.41, 5.74) is 2.94. The molecule has 142 valence electrons. The molecule has 1 aliphatic rings. The summed E-state index contributed by atoms with van der Waals surface area (Å²) in [5, 5.41) is 0. The fourth-order valence-electron chi connectivity index (χ4n) is 3.29. The van der Waals surface area contributed by atoms with E-state index in [0.29, 0.717) is 5.89 Å². The van der Waals surface area contributed by atoms with E-state index in [-0.39, 0.29) is 5.91 Å². The van der Waals surface area contributed by atoms with Crippen molar-refractivity contribution in [1.29, 1.82) is 0 Å². The molecule has 0 N–H and O–H groups in total. The molecule has 4 rings (SSSR count). The number of hydrogen-bond acceptors (Lipinski definition) is 4. The van der Waals surface area contributed by atoms with Crippen molar-refractivity contribution in [1.82, 2.24) is 14.8 Å². The Kier molecular flexibility index (Phi) is 5.64. The van der Waals surface area contributed by atoms with Crippen molar-refractivity contribution in [3.63, 3.8) is 0 Å². The lowest BCUT2D eigenvalue weighted by Crippen LogP contribution is -2.47. The molecule has 3 aromatic rings. The van der Waals surface area contributed by atoms with Crippen LogP contribution in [0.15, 0.2) is 77.4 Å². The van der Waals surface area contributed by atoms with Crippen LogP contribution in [0.5, 0.6) is 0 Å². The second-order valence-electron chi connectivity index (χ2n) is 6.86. The van der Waals surface area contributed by atoms with Gasteiger partial charge in [0.25, 0.3) is 0 Å². The third-order valence-corrected chi connectivity index (χ3v) is 4.86. The third kappa shape index (κ3) is 4.56. The van der Waals surface area contributed by atoms with Crippen molar-refractivity contribution in [2.75, 3.05) is 26.2 Å². The quantitative estimate of drug-likeness (QED) is 0.640. The van der Waals surface area contributed by atoms with Crippen molar-refractivity contribution in [2.45, 2.75) is 6.54 Å². The molecule has 0 aliphatic carbocycles. The molecule has 5 nitrogen and oxygen atoms in total. The molecule has 0 spiro atoms. The van der Waals surface area contributed by atoms with E-state index in [4.69, 9.17) is 4.42 Å². The van der Waals surface area contributed by atoms with Gasteiger partial charge in [0.2, 0.25) is 11.8 Å². The van der Waals surface area contributed by atoms with Gasteiger partial charge in [-0.3, -0.25) is 9.69 Å². The predicted octanol–water partition coefficient (Wildman–Crippen LogP) is 3.70. The number of aromatic nitrogens is 1. The van der Waals surface area contributed by atoms with Crippen molar-refractivity contribution in [3.8, 4) is 11.5 Å². The predicted molar refractivity (Wildman–Crippen MR) is 109 cm³/mol. The summed E-state index contributed by atoms with van der Waals surface area (Å²) in [6.45, 7) is 3.85. The van der Waals surface area contributed by atoms with Crippen LogP contribution in [0.3, 0.4) is 0 Å². The van der Waals surface area contributed by atoms with Crippen LogP contribution in [0.1, 0.15) is 11.3 Å². The van der Waals surface area contributed by atoms with E-state index in [2.05, 4.69) is 9.88 Å². The number of rotatable bonds is 5. The lowest BCUT2D eigenvalue weighted by molar-refractivity contribution is -0.127. The van der Waals surface area contributed by atoms with E-state index >= 15 is 0 Å². The first-order chi connectivity index (χ1) is 13.8. The molecule has 0 radical (unpaired) electrons. The Hall–Kier alpha value is -3.18. The fraction of sp³-hybridized carbons (Fsp3) is 0.217. The van der Waals surface area contributed by atoms with Crippen LogP contribution in [-0.2, 0) is 11.3 Å². The molecule has 0 atom stereocenters. The fourth-order valence-corrected chi connectivity index (χ4v) is 3.29. The number of hydrogen-bond donors (Lipinski definition) is 0. The van der Waals surface area contributed by atoms with Crippen LogP contribution in [0.2, 0.25) is 0 Å². The molecular weight excluding hydrogens is 350 g/mol. The molecule has 1 fully saturated rings. The normalized spacial score (nSPS) is 15.2. The van der Waals surface area contributed by atoms with Crippen LogP contribution in [-0.4, -0.2) is 46.9 Å². The Labute approximate surface area is 164 Å². The van der Waals surface area contributed by atoms with E-state index in [1.54, 1.807) is 12.3 Å². The zero-order valence-electron chi connectivity index (χ0n) is 15.7. The lowest BCUT2D eigenvalue weighted by Gasteiger charge is -2.33. The van der Waals surface area contributed by atoms with Gasteiger partial charge in [-0.1, -0.05) is 48.5 Å². The first-order valence-electron chi connectivity index (χ1n) is 9.52. The number of carbonyl (C=O) groups excluding carboxylic acids is 1. The molecule has 5 heteroatoms. The minimum atomic E-state index is 0.0660. The van der Waals surface area contributed by atoms with Crippen molar-refractivity contribution >= 4 is 12.0 Å². The van der Waals surface area contributed by atoms with Gasteiger partial charge in [0.05, 0.1) is 5.69 Å². The first kappa shape index (κ1) is 18.2. The topological polar surface area (TPSA) is 49.6 Å². The zero-order chi connectivity index (χ0) is 19.2. The summed E-state index contributed by atoms with van der Waals surface area (Å²) in [5.74, 6) is 0.715. The number of nitrogens with zero attached hydrogens (tertiary/aromatic N) is 3. The molecule has 0 bridgehead atoms. The first-order valence-corrected chi connectivity index (χ1v) is 9.52. The van der Waals surface area contributed by atoms with E-state index < -0.39 is 0 Å². The van der Waals surface area contributed by atoms with E-state index in [1.165, 1.54) is 0 Å². The number of amides is 1. The van der Waals surface area contributed by atoms with E-state index in [9.17, 15) is 4.79 Å². The molecule has 2 heterocycles. The maximum absolute atomic E-state index is 12.4. The Morgan fingerprint density at radius 2 is 1.64 bits per heavy atom. The minimum Gasteiger partial charge on any atom is -0.444 e. The van der Waals surface area contributed by atoms with Gasteiger partial charge in [0, 0.05) is 44.4 Å². The molecule has 1 aromatic heterocycles. The lowest BCUT2D eigenvalue weighted by atomic mass is 10.2. The molecule has 0 saturated carbocycles. The van der Waals surface area contributed by atoms with Gasteiger partial charge in [-0.15, -0.1) is 0 Å². The SMILES string of the molecule is O=C(C=Cc1ccccc1)N1CCN(Cc2coc(-c3ccccc3)n2)CC1.